The van der Waals surface area contributed by atoms with Gasteiger partial charge < -0.3 is 15.3 Å². The monoisotopic (exact) mass is 163 g/mol. The van der Waals surface area contributed by atoms with Crippen LogP contribution in [0.2, 0.25) is 0 Å². The Morgan fingerprint density at radius 2 is 2.25 bits per heavy atom. The fourth-order valence-electron chi connectivity index (χ4n) is 1.20. The molecule has 0 aliphatic carbocycles. The first-order valence-electron chi connectivity index (χ1n) is 3.72. The van der Waals surface area contributed by atoms with Crippen molar-refractivity contribution in [3.63, 3.8) is 0 Å². The molecule has 0 unspecified atom stereocenters. The zero-order valence-corrected chi connectivity index (χ0v) is 6.45. The Labute approximate surface area is 69.4 Å². The minimum absolute atomic E-state index is 0.232. The van der Waals surface area contributed by atoms with Gasteiger partial charge in [-0.3, -0.25) is 0 Å². The molecule has 3 heteroatoms. The summed E-state index contributed by atoms with van der Waals surface area (Å²) in [4.78, 5) is 0. The Hall–Kier alpha value is -1.48. The molecule has 2 aromatic rings. The van der Waals surface area contributed by atoms with E-state index >= 15 is 0 Å². The van der Waals surface area contributed by atoms with Gasteiger partial charge in [-0.05, 0) is 18.2 Å². The van der Waals surface area contributed by atoms with Crippen molar-refractivity contribution in [1.29, 1.82) is 0 Å². The summed E-state index contributed by atoms with van der Waals surface area (Å²) >= 11 is 0. The molecule has 0 spiro atoms. The zero-order chi connectivity index (χ0) is 8.55. The number of furan rings is 1. The van der Waals surface area contributed by atoms with E-state index in [1.54, 1.807) is 24.3 Å². The van der Waals surface area contributed by atoms with Gasteiger partial charge in [-0.2, -0.15) is 0 Å². The van der Waals surface area contributed by atoms with E-state index in [0.29, 0.717) is 17.9 Å². The average molecular weight is 163 g/mol. The van der Waals surface area contributed by atoms with Crippen LogP contribution in [0.25, 0.3) is 11.0 Å². The van der Waals surface area contributed by atoms with Crippen molar-refractivity contribution >= 4 is 11.0 Å². The molecule has 62 valence electrons. The standard InChI is InChI=1S/C9H9NO2/c10-5-6-4-7-8(11)2-1-3-9(7)12-6/h1-4,11H,5,10H2. The van der Waals surface area contributed by atoms with Crippen LogP contribution in [0, 0.1) is 0 Å². The number of rotatable bonds is 1. The Kier molecular flexibility index (Phi) is 1.52. The number of nitrogens with two attached hydrogens (primary N) is 1. The number of phenolic OH excluding ortho intramolecular Hbond substituents is 1. The minimum atomic E-state index is 0.232. The molecule has 0 aliphatic heterocycles. The Bertz CT molecular complexity index is 406. The highest BCUT2D eigenvalue weighted by molar-refractivity contribution is 5.84. The summed E-state index contributed by atoms with van der Waals surface area (Å²) < 4.78 is 5.31. The summed E-state index contributed by atoms with van der Waals surface area (Å²) in [5.41, 5.74) is 6.06. The molecule has 1 aromatic heterocycles. The number of hydrogen-bond donors (Lipinski definition) is 2. The highest BCUT2D eigenvalue weighted by Gasteiger charge is 2.04. The molecule has 0 aliphatic rings. The van der Waals surface area contributed by atoms with Gasteiger partial charge in [-0.15, -0.1) is 0 Å². The van der Waals surface area contributed by atoms with E-state index in [2.05, 4.69) is 0 Å². The van der Waals surface area contributed by atoms with Crippen molar-refractivity contribution in [2.75, 3.05) is 0 Å². The average Bonchev–Trinajstić information content (AvgIpc) is 2.49. The maximum atomic E-state index is 9.38. The lowest BCUT2D eigenvalue weighted by atomic mass is 10.2. The summed E-state index contributed by atoms with van der Waals surface area (Å²) in [5.74, 6) is 0.919. The van der Waals surface area contributed by atoms with Gasteiger partial charge in [0.05, 0.1) is 11.9 Å². The summed E-state index contributed by atoms with van der Waals surface area (Å²) in [6.07, 6.45) is 0. The third kappa shape index (κ3) is 0.950. The van der Waals surface area contributed by atoms with Gasteiger partial charge in [-0.25, -0.2) is 0 Å². The Morgan fingerprint density at radius 1 is 1.42 bits per heavy atom. The first-order chi connectivity index (χ1) is 5.81. The molecular formula is C9H9NO2. The number of benzene rings is 1. The lowest BCUT2D eigenvalue weighted by Gasteiger charge is -1.89. The van der Waals surface area contributed by atoms with Crippen LogP contribution in [0.3, 0.4) is 0 Å². The van der Waals surface area contributed by atoms with Crippen LogP contribution in [0.1, 0.15) is 5.76 Å². The number of fused-ring (bicyclic) bond motifs is 1. The Balaban J connectivity index is 2.74. The molecule has 0 saturated carbocycles. The lowest BCUT2D eigenvalue weighted by Crippen LogP contribution is -1.92. The first-order valence-corrected chi connectivity index (χ1v) is 3.72. The number of hydrogen-bond acceptors (Lipinski definition) is 3. The van der Waals surface area contributed by atoms with E-state index in [0.717, 1.165) is 5.39 Å². The molecule has 0 bridgehead atoms. The fraction of sp³-hybridized carbons (Fsp3) is 0.111. The summed E-state index contributed by atoms with van der Waals surface area (Å²) in [7, 11) is 0. The lowest BCUT2D eigenvalue weighted by molar-refractivity contribution is 0.481. The van der Waals surface area contributed by atoms with E-state index in [1.807, 2.05) is 0 Å². The topological polar surface area (TPSA) is 59.4 Å². The van der Waals surface area contributed by atoms with Gasteiger partial charge in [0.15, 0.2) is 0 Å². The van der Waals surface area contributed by atoms with Gasteiger partial charge in [0.25, 0.3) is 0 Å². The maximum Gasteiger partial charge on any atom is 0.138 e. The van der Waals surface area contributed by atoms with Crippen molar-refractivity contribution in [2.24, 2.45) is 5.73 Å². The van der Waals surface area contributed by atoms with Crippen LogP contribution < -0.4 is 5.73 Å². The van der Waals surface area contributed by atoms with Crippen molar-refractivity contribution in [2.45, 2.75) is 6.54 Å². The molecule has 2 rings (SSSR count). The van der Waals surface area contributed by atoms with E-state index < -0.39 is 0 Å². The van der Waals surface area contributed by atoms with E-state index in [9.17, 15) is 5.11 Å². The van der Waals surface area contributed by atoms with Crippen LogP contribution in [0.5, 0.6) is 5.75 Å². The second-order valence-electron chi connectivity index (χ2n) is 2.61. The van der Waals surface area contributed by atoms with E-state index in [-0.39, 0.29) is 5.75 Å². The molecule has 0 atom stereocenters. The summed E-state index contributed by atoms with van der Waals surface area (Å²) in [6.45, 7) is 0.355. The first kappa shape index (κ1) is 7.18. The van der Waals surface area contributed by atoms with Gasteiger partial charge in [0.1, 0.15) is 17.1 Å². The van der Waals surface area contributed by atoms with Crippen LogP contribution in [-0.2, 0) is 6.54 Å². The largest absolute Gasteiger partial charge is 0.507 e. The van der Waals surface area contributed by atoms with Gasteiger partial charge >= 0.3 is 0 Å². The molecule has 0 amide bonds. The number of phenols is 1. The predicted molar refractivity (Wildman–Crippen MR) is 45.8 cm³/mol. The molecule has 0 radical (unpaired) electrons. The highest BCUT2D eigenvalue weighted by atomic mass is 16.3. The van der Waals surface area contributed by atoms with Crippen LogP contribution in [0.15, 0.2) is 28.7 Å². The zero-order valence-electron chi connectivity index (χ0n) is 6.45. The molecule has 1 aromatic carbocycles. The molecular weight excluding hydrogens is 154 g/mol. The normalized spacial score (nSPS) is 10.8. The minimum Gasteiger partial charge on any atom is -0.507 e. The molecule has 0 saturated heterocycles. The third-order valence-electron chi connectivity index (χ3n) is 1.79. The van der Waals surface area contributed by atoms with Crippen molar-refractivity contribution < 1.29 is 9.52 Å². The maximum absolute atomic E-state index is 9.38. The second kappa shape index (κ2) is 2.53. The fourth-order valence-corrected chi connectivity index (χ4v) is 1.20. The third-order valence-corrected chi connectivity index (χ3v) is 1.79. The van der Waals surface area contributed by atoms with Crippen molar-refractivity contribution in [1.82, 2.24) is 0 Å². The van der Waals surface area contributed by atoms with Crippen molar-refractivity contribution in [3.05, 3.63) is 30.0 Å². The SMILES string of the molecule is NCc1cc2c(O)cccc2o1. The number of aromatic hydroxyl groups is 1. The summed E-state index contributed by atoms with van der Waals surface area (Å²) in [6, 6.07) is 6.92. The molecule has 0 fully saturated rings. The van der Waals surface area contributed by atoms with Gasteiger partial charge in [0.2, 0.25) is 0 Å². The van der Waals surface area contributed by atoms with Crippen LogP contribution in [-0.4, -0.2) is 5.11 Å². The van der Waals surface area contributed by atoms with Crippen molar-refractivity contribution in [3.8, 4) is 5.75 Å². The molecule has 1 heterocycles. The predicted octanol–water partition coefficient (Wildman–Crippen LogP) is 1.60. The Morgan fingerprint density at radius 3 is 2.92 bits per heavy atom. The smallest absolute Gasteiger partial charge is 0.138 e. The molecule has 12 heavy (non-hydrogen) atoms. The van der Waals surface area contributed by atoms with Gasteiger partial charge in [-0.1, -0.05) is 6.07 Å². The van der Waals surface area contributed by atoms with Crippen LogP contribution in [0.4, 0.5) is 0 Å². The second-order valence-corrected chi connectivity index (χ2v) is 2.61. The summed E-state index contributed by atoms with van der Waals surface area (Å²) in [5, 5.41) is 10.1. The van der Waals surface area contributed by atoms with Crippen LogP contribution >= 0.6 is 0 Å². The van der Waals surface area contributed by atoms with E-state index in [4.69, 9.17) is 10.2 Å². The van der Waals surface area contributed by atoms with E-state index in [1.165, 1.54) is 0 Å². The molecule has 3 N–H and O–H groups in total. The van der Waals surface area contributed by atoms with Gasteiger partial charge in [0, 0.05) is 0 Å². The quantitative estimate of drug-likeness (QED) is 0.671. The highest BCUT2D eigenvalue weighted by Crippen LogP contribution is 2.26. The molecule has 3 nitrogen and oxygen atoms in total.